The van der Waals surface area contributed by atoms with Crippen molar-refractivity contribution in [3.63, 3.8) is 0 Å². The summed E-state index contributed by atoms with van der Waals surface area (Å²) in [4.78, 5) is 59.2. The van der Waals surface area contributed by atoms with Crippen LogP contribution in [0.3, 0.4) is 0 Å². The molecule has 0 saturated heterocycles. The van der Waals surface area contributed by atoms with E-state index in [4.69, 9.17) is 4.52 Å². The lowest BCUT2D eigenvalue weighted by Gasteiger charge is -2.17. The Morgan fingerprint density at radius 2 is 1.93 bits per heavy atom. The van der Waals surface area contributed by atoms with E-state index in [9.17, 15) is 14.4 Å². The predicted molar refractivity (Wildman–Crippen MR) is 152 cm³/mol. The van der Waals surface area contributed by atoms with E-state index in [1.807, 2.05) is 18.7 Å². The van der Waals surface area contributed by atoms with Gasteiger partial charge in [0.1, 0.15) is 28.3 Å². The van der Waals surface area contributed by atoms with Crippen LogP contribution in [0.15, 0.2) is 44.3 Å². The fraction of sp³-hybridized carbons (Fsp3) is 0.360. The summed E-state index contributed by atoms with van der Waals surface area (Å²) in [6.07, 6.45) is 4.80. The molecule has 0 aliphatic heterocycles. The van der Waals surface area contributed by atoms with Gasteiger partial charge in [-0.05, 0) is 27.7 Å². The van der Waals surface area contributed by atoms with Crippen LogP contribution in [0.1, 0.15) is 39.7 Å². The highest BCUT2D eigenvalue weighted by Crippen LogP contribution is 2.26. The molecule has 0 spiro atoms. The first-order chi connectivity index (χ1) is 19.2. The Hall–Kier alpha value is -4.66. The number of nitrogens with zero attached hydrogens (tertiary/aromatic N) is 9. The van der Waals surface area contributed by atoms with Gasteiger partial charge in [0.25, 0.3) is 5.56 Å². The highest BCUT2D eigenvalue weighted by molar-refractivity contribution is 7.13. The number of amides is 1. The topological polar surface area (TPSA) is 159 Å². The zero-order valence-electron chi connectivity index (χ0n) is 22.7. The molecule has 0 bridgehead atoms. The fourth-order valence-corrected chi connectivity index (χ4v) is 5.03. The maximum Gasteiger partial charge on any atom is 0.332 e. The second kappa shape index (κ2) is 10.8. The molecule has 1 atom stereocenters. The Morgan fingerprint density at radius 1 is 1.20 bits per heavy atom. The van der Waals surface area contributed by atoms with Gasteiger partial charge in [-0.1, -0.05) is 5.16 Å². The van der Waals surface area contributed by atoms with Crippen molar-refractivity contribution in [2.75, 3.05) is 23.3 Å². The van der Waals surface area contributed by atoms with Crippen molar-refractivity contribution >= 4 is 40.2 Å². The quantitative estimate of drug-likeness (QED) is 0.281. The summed E-state index contributed by atoms with van der Waals surface area (Å²) >= 11 is 1.35. The molecule has 0 unspecified atom stereocenters. The molecule has 0 fully saturated rings. The third kappa shape index (κ3) is 4.90. The summed E-state index contributed by atoms with van der Waals surface area (Å²) in [5.41, 5.74) is 0.324. The van der Waals surface area contributed by atoms with Crippen LogP contribution < -0.4 is 21.5 Å². The Labute approximate surface area is 233 Å². The summed E-state index contributed by atoms with van der Waals surface area (Å²) in [6.45, 7) is 8.97. The summed E-state index contributed by atoms with van der Waals surface area (Å²) < 4.78 is 8.83. The highest BCUT2D eigenvalue weighted by Gasteiger charge is 2.24. The molecular weight excluding hydrogens is 536 g/mol. The number of aryl methyl sites for hydroxylation is 2. The molecule has 5 heterocycles. The van der Waals surface area contributed by atoms with Gasteiger partial charge in [-0.25, -0.2) is 24.7 Å². The molecule has 14 nitrogen and oxygen atoms in total. The molecule has 1 amide bonds. The fourth-order valence-electron chi connectivity index (χ4n) is 4.30. The van der Waals surface area contributed by atoms with Crippen LogP contribution in [-0.4, -0.2) is 57.8 Å². The monoisotopic (exact) mass is 566 g/mol. The highest BCUT2D eigenvalue weighted by atomic mass is 32.1. The summed E-state index contributed by atoms with van der Waals surface area (Å²) in [6, 6.07) is 0.816. The maximum atomic E-state index is 13.4. The maximum absolute atomic E-state index is 13.4. The van der Waals surface area contributed by atoms with E-state index >= 15 is 0 Å². The van der Waals surface area contributed by atoms with Crippen molar-refractivity contribution in [3.05, 3.63) is 62.5 Å². The summed E-state index contributed by atoms with van der Waals surface area (Å²) in [5.74, 6) is 1.16. The van der Waals surface area contributed by atoms with Crippen LogP contribution in [0.5, 0.6) is 0 Å². The molecule has 0 radical (unpaired) electrons. The molecule has 15 heteroatoms. The number of hydrogen-bond acceptors (Lipinski definition) is 11. The Balaban J connectivity index is 0.00000387. The molecule has 5 rings (SSSR count). The van der Waals surface area contributed by atoms with E-state index in [0.29, 0.717) is 28.2 Å². The van der Waals surface area contributed by atoms with Crippen LogP contribution in [0.4, 0.5) is 11.8 Å². The van der Waals surface area contributed by atoms with E-state index in [1.54, 1.807) is 37.7 Å². The first-order valence-electron chi connectivity index (χ1n) is 12.6. The van der Waals surface area contributed by atoms with E-state index in [1.165, 1.54) is 33.8 Å². The van der Waals surface area contributed by atoms with Crippen molar-refractivity contribution in [2.24, 2.45) is 7.05 Å². The minimum Gasteiger partial charge on any atom is -0.361 e. The zero-order valence-corrected chi connectivity index (χ0v) is 23.5. The number of imidazole rings is 1. The molecule has 0 aliphatic rings. The average molecular weight is 567 g/mol. The smallest absolute Gasteiger partial charge is 0.332 e. The second-order valence-electron chi connectivity index (χ2n) is 9.13. The average Bonchev–Trinajstić information content (AvgIpc) is 3.70. The van der Waals surface area contributed by atoms with E-state index in [-0.39, 0.29) is 19.1 Å². The van der Waals surface area contributed by atoms with E-state index in [0.717, 1.165) is 23.2 Å². The normalized spacial score (nSPS) is 12.1. The minimum atomic E-state index is -0.834. The van der Waals surface area contributed by atoms with Crippen molar-refractivity contribution in [2.45, 2.75) is 40.3 Å². The molecule has 0 aromatic carbocycles. The number of carbonyl (C=O) groups excluding carboxylic acids is 1. The first-order valence-corrected chi connectivity index (χ1v) is 13.5. The van der Waals surface area contributed by atoms with Gasteiger partial charge < -0.3 is 19.3 Å². The molecule has 5 aromatic rings. The molecule has 210 valence electrons. The third-order valence-electron chi connectivity index (χ3n) is 6.54. The number of anilines is 2. The van der Waals surface area contributed by atoms with Crippen molar-refractivity contribution < 1.29 is 10.7 Å². The number of nitrogens with one attached hydrogen (secondary N) is 1. The first kappa shape index (κ1) is 26.9. The molecule has 40 heavy (non-hydrogen) atoms. The van der Waals surface area contributed by atoms with Crippen molar-refractivity contribution in [1.82, 2.24) is 38.8 Å². The molecule has 1 N–H and O–H groups in total. The molecule has 5 aromatic heterocycles. The lowest BCUT2D eigenvalue weighted by atomic mass is 10.3. The third-order valence-corrected chi connectivity index (χ3v) is 7.43. The zero-order chi connectivity index (χ0) is 28.6. The van der Waals surface area contributed by atoms with Crippen LogP contribution in [-0.2, 0) is 18.4 Å². The minimum absolute atomic E-state index is 0. The molecule has 0 aliphatic carbocycles. The largest absolute Gasteiger partial charge is 0.361 e. The summed E-state index contributed by atoms with van der Waals surface area (Å²) in [5, 5.41) is 9.06. The van der Waals surface area contributed by atoms with Gasteiger partial charge in [-0.15, -0.1) is 11.3 Å². The predicted octanol–water partition coefficient (Wildman–Crippen LogP) is 2.45. The van der Waals surface area contributed by atoms with Gasteiger partial charge in [-0.2, -0.15) is 0 Å². The Morgan fingerprint density at radius 3 is 2.58 bits per heavy atom. The van der Waals surface area contributed by atoms with Gasteiger partial charge >= 0.3 is 5.69 Å². The van der Waals surface area contributed by atoms with Crippen LogP contribution >= 0.6 is 11.3 Å². The van der Waals surface area contributed by atoms with Crippen LogP contribution in [0, 0.1) is 6.92 Å². The lowest BCUT2D eigenvalue weighted by Crippen LogP contribution is -2.40. The van der Waals surface area contributed by atoms with Crippen molar-refractivity contribution in [1.29, 1.82) is 0 Å². The molecule has 0 saturated carbocycles. The number of fused-ring (bicyclic) bond motifs is 1. The Bertz CT molecular complexity index is 1800. The van der Waals surface area contributed by atoms with Gasteiger partial charge in [0, 0.05) is 51.0 Å². The number of rotatable bonds is 9. The SMILES string of the molecule is CCN(CC)c1ncc(-c2nc(NC(=O)[C@H](C)n3cnc4c3c(=O)n(Cc3cc(C)on3)c(=O)n4C)cs2)cn1.[HH]. The summed E-state index contributed by atoms with van der Waals surface area (Å²) in [7, 11) is 1.52. The van der Waals surface area contributed by atoms with Gasteiger partial charge in [0.2, 0.25) is 11.9 Å². The number of carbonyl (C=O) groups is 1. The number of aromatic nitrogens is 8. The van der Waals surface area contributed by atoms with Gasteiger partial charge in [0.05, 0.1) is 12.9 Å². The lowest BCUT2D eigenvalue weighted by molar-refractivity contribution is -0.118. The standard InChI is InChI=1S/C25H28N10O4S.H2/c1-6-33(7-2)24-26-9-16(10-27-24)22-30-18(12-40-22)29-21(36)15(4)35-13-28-20-19(35)23(37)34(25(38)32(20)5)11-17-8-14(3)39-31-17;/h8-10,12-13,15H,6-7,11H2,1-5H3,(H,29,36);1H/t15-;/m0./s1. The van der Waals surface area contributed by atoms with Crippen LogP contribution in [0.25, 0.3) is 21.7 Å². The number of thiazole rings is 1. The number of hydrogen-bond donors (Lipinski definition) is 1. The van der Waals surface area contributed by atoms with Crippen molar-refractivity contribution in [3.8, 4) is 10.6 Å². The molecular formula is C25H30N10O4S. The van der Waals surface area contributed by atoms with Gasteiger partial charge in [-0.3, -0.25) is 18.7 Å². The van der Waals surface area contributed by atoms with E-state index in [2.05, 4.69) is 30.4 Å². The van der Waals surface area contributed by atoms with Gasteiger partial charge in [0.15, 0.2) is 11.2 Å². The second-order valence-corrected chi connectivity index (χ2v) is 9.99. The van der Waals surface area contributed by atoms with E-state index < -0.39 is 23.2 Å². The van der Waals surface area contributed by atoms with Crippen LogP contribution in [0.2, 0.25) is 0 Å². The Kier molecular flexibility index (Phi) is 7.30.